The average molecular weight is 273 g/mol. The molecule has 0 bridgehead atoms. The summed E-state index contributed by atoms with van der Waals surface area (Å²) in [5.74, 6) is -1.00. The lowest BCUT2D eigenvalue weighted by molar-refractivity contribution is -0.137. The summed E-state index contributed by atoms with van der Waals surface area (Å²) in [4.78, 5) is 28.4. The number of aliphatic carboxylic acids is 1. The van der Waals surface area contributed by atoms with Crippen LogP contribution in [0.5, 0.6) is 0 Å². The lowest BCUT2D eigenvalue weighted by Crippen LogP contribution is -2.54. The van der Waals surface area contributed by atoms with E-state index in [4.69, 9.17) is 9.84 Å². The van der Waals surface area contributed by atoms with E-state index >= 15 is 0 Å². The second-order valence-corrected chi connectivity index (χ2v) is 4.51. The van der Waals surface area contributed by atoms with Crippen molar-refractivity contribution in [3.63, 3.8) is 0 Å². The summed E-state index contributed by atoms with van der Waals surface area (Å²) in [5.41, 5.74) is 0. The minimum Gasteiger partial charge on any atom is -0.480 e. The zero-order chi connectivity index (χ0) is 14.3. The maximum atomic E-state index is 12.2. The number of methoxy groups -OCH3 is 1. The van der Waals surface area contributed by atoms with E-state index in [-0.39, 0.29) is 12.6 Å². The van der Waals surface area contributed by atoms with E-state index in [9.17, 15) is 9.59 Å². The fraction of sp³-hybridized carbons (Fsp3) is 0.833. The number of piperazine rings is 1. The van der Waals surface area contributed by atoms with Crippen LogP contribution in [0.1, 0.15) is 6.92 Å². The molecule has 1 aliphatic rings. The van der Waals surface area contributed by atoms with Crippen LogP contribution in [-0.2, 0) is 9.53 Å². The first-order chi connectivity index (χ1) is 9.08. The molecule has 7 nitrogen and oxygen atoms in total. The number of nitrogens with zero attached hydrogens (tertiary/aromatic N) is 3. The zero-order valence-electron chi connectivity index (χ0n) is 11.7. The van der Waals surface area contributed by atoms with Crippen molar-refractivity contribution in [1.29, 1.82) is 0 Å². The molecule has 7 heteroatoms. The molecule has 2 amide bonds. The van der Waals surface area contributed by atoms with E-state index in [2.05, 4.69) is 11.8 Å². The lowest BCUT2D eigenvalue weighted by atomic mass is 10.3. The minimum absolute atomic E-state index is 0.213. The second-order valence-electron chi connectivity index (χ2n) is 4.51. The Morgan fingerprint density at radius 1 is 1.26 bits per heavy atom. The van der Waals surface area contributed by atoms with Crippen LogP contribution in [0.15, 0.2) is 0 Å². The molecular weight excluding hydrogens is 250 g/mol. The van der Waals surface area contributed by atoms with Gasteiger partial charge in [0.2, 0.25) is 0 Å². The SMILES string of the molecule is CCN1CCN(C(=O)N(CCOC)CC(=O)O)CC1. The predicted octanol–water partition coefficient (Wildman–Crippen LogP) is -0.223. The number of amides is 2. The van der Waals surface area contributed by atoms with Crippen molar-refractivity contribution in [2.75, 3.05) is 59.5 Å². The van der Waals surface area contributed by atoms with Crippen molar-refractivity contribution >= 4 is 12.0 Å². The molecule has 19 heavy (non-hydrogen) atoms. The fourth-order valence-electron chi connectivity index (χ4n) is 2.06. The van der Waals surface area contributed by atoms with Crippen molar-refractivity contribution in [3.8, 4) is 0 Å². The Morgan fingerprint density at radius 3 is 2.37 bits per heavy atom. The van der Waals surface area contributed by atoms with Gasteiger partial charge in [0.05, 0.1) is 6.61 Å². The van der Waals surface area contributed by atoms with E-state index in [0.29, 0.717) is 26.2 Å². The van der Waals surface area contributed by atoms with E-state index in [1.54, 1.807) is 4.90 Å². The van der Waals surface area contributed by atoms with Crippen molar-refractivity contribution in [2.45, 2.75) is 6.92 Å². The van der Waals surface area contributed by atoms with Gasteiger partial charge in [0.15, 0.2) is 0 Å². The Bertz CT molecular complexity index is 303. The number of likely N-dealkylation sites (N-methyl/N-ethyl adjacent to an activating group) is 1. The van der Waals surface area contributed by atoms with Gasteiger partial charge in [0, 0.05) is 39.8 Å². The maximum absolute atomic E-state index is 12.2. The molecule has 1 N–H and O–H groups in total. The third kappa shape index (κ3) is 5.04. The quantitative estimate of drug-likeness (QED) is 0.724. The van der Waals surface area contributed by atoms with E-state index < -0.39 is 5.97 Å². The Hall–Kier alpha value is -1.34. The molecule has 0 aromatic heterocycles. The van der Waals surface area contributed by atoms with Crippen molar-refractivity contribution < 1.29 is 19.4 Å². The van der Waals surface area contributed by atoms with Crippen LogP contribution in [0, 0.1) is 0 Å². The number of rotatable bonds is 6. The van der Waals surface area contributed by atoms with Crippen LogP contribution >= 0.6 is 0 Å². The van der Waals surface area contributed by atoms with Crippen molar-refractivity contribution in [3.05, 3.63) is 0 Å². The average Bonchev–Trinajstić information content (AvgIpc) is 2.42. The molecule has 1 rings (SSSR count). The van der Waals surface area contributed by atoms with Gasteiger partial charge in [-0.3, -0.25) is 4.79 Å². The smallest absolute Gasteiger partial charge is 0.323 e. The largest absolute Gasteiger partial charge is 0.480 e. The monoisotopic (exact) mass is 273 g/mol. The Labute approximate surface area is 113 Å². The van der Waals surface area contributed by atoms with Gasteiger partial charge in [0.25, 0.3) is 0 Å². The highest BCUT2D eigenvalue weighted by Crippen LogP contribution is 2.05. The lowest BCUT2D eigenvalue weighted by Gasteiger charge is -2.36. The molecule has 0 aliphatic carbocycles. The van der Waals surface area contributed by atoms with Crippen LogP contribution in [0.3, 0.4) is 0 Å². The molecular formula is C12H23N3O4. The molecule has 0 radical (unpaired) electrons. The number of urea groups is 1. The second kappa shape index (κ2) is 7.96. The highest BCUT2D eigenvalue weighted by molar-refractivity contribution is 5.80. The van der Waals surface area contributed by atoms with Crippen LogP contribution in [0.2, 0.25) is 0 Å². The Morgan fingerprint density at radius 2 is 1.89 bits per heavy atom. The molecule has 1 aliphatic heterocycles. The third-order valence-corrected chi connectivity index (χ3v) is 3.25. The molecule has 0 saturated carbocycles. The third-order valence-electron chi connectivity index (χ3n) is 3.25. The number of carboxylic acid groups (broad SMARTS) is 1. The number of hydrogen-bond donors (Lipinski definition) is 1. The Kier molecular flexibility index (Phi) is 6.58. The van der Waals surface area contributed by atoms with Gasteiger partial charge in [-0.05, 0) is 6.54 Å². The highest BCUT2D eigenvalue weighted by atomic mass is 16.5. The van der Waals surface area contributed by atoms with Gasteiger partial charge in [-0.25, -0.2) is 4.79 Å². The molecule has 1 fully saturated rings. The first-order valence-electron chi connectivity index (χ1n) is 6.55. The predicted molar refractivity (Wildman–Crippen MR) is 70.2 cm³/mol. The van der Waals surface area contributed by atoms with Gasteiger partial charge in [-0.1, -0.05) is 6.92 Å². The first kappa shape index (κ1) is 15.7. The zero-order valence-corrected chi connectivity index (χ0v) is 11.7. The molecule has 110 valence electrons. The minimum atomic E-state index is -1.00. The summed E-state index contributed by atoms with van der Waals surface area (Å²) in [6.45, 7) is 6.41. The number of ether oxygens (including phenoxy) is 1. The molecule has 0 aromatic carbocycles. The normalized spacial score (nSPS) is 16.4. The van der Waals surface area contributed by atoms with Gasteiger partial charge in [-0.2, -0.15) is 0 Å². The van der Waals surface area contributed by atoms with Gasteiger partial charge in [-0.15, -0.1) is 0 Å². The van der Waals surface area contributed by atoms with Crippen molar-refractivity contribution in [1.82, 2.24) is 14.7 Å². The van der Waals surface area contributed by atoms with Crippen LogP contribution < -0.4 is 0 Å². The molecule has 0 spiro atoms. The van der Waals surface area contributed by atoms with E-state index in [1.807, 2.05) is 0 Å². The van der Waals surface area contributed by atoms with Crippen LogP contribution in [0.25, 0.3) is 0 Å². The number of carboxylic acids is 1. The molecule has 1 heterocycles. The number of carbonyl (C=O) groups is 2. The fourth-order valence-corrected chi connectivity index (χ4v) is 2.06. The summed E-state index contributed by atoms with van der Waals surface area (Å²) in [6.07, 6.45) is 0. The first-order valence-corrected chi connectivity index (χ1v) is 6.55. The summed E-state index contributed by atoms with van der Waals surface area (Å²) in [6, 6.07) is -0.213. The summed E-state index contributed by atoms with van der Waals surface area (Å²) in [5, 5.41) is 8.85. The summed E-state index contributed by atoms with van der Waals surface area (Å²) < 4.78 is 4.91. The van der Waals surface area contributed by atoms with Crippen molar-refractivity contribution in [2.24, 2.45) is 0 Å². The summed E-state index contributed by atoms with van der Waals surface area (Å²) in [7, 11) is 1.53. The molecule has 0 unspecified atom stereocenters. The van der Waals surface area contributed by atoms with Gasteiger partial charge < -0.3 is 24.5 Å². The summed E-state index contributed by atoms with van der Waals surface area (Å²) >= 11 is 0. The van der Waals surface area contributed by atoms with E-state index in [0.717, 1.165) is 19.6 Å². The standard InChI is InChI=1S/C12H23N3O4/c1-3-13-4-6-14(7-5-13)12(18)15(8-9-19-2)10-11(16)17/h3-10H2,1-2H3,(H,16,17). The number of hydrogen-bond acceptors (Lipinski definition) is 4. The molecule has 1 saturated heterocycles. The van der Waals surface area contributed by atoms with Crippen LogP contribution in [-0.4, -0.2) is 91.3 Å². The number of carbonyl (C=O) groups excluding carboxylic acids is 1. The molecule has 0 atom stereocenters. The maximum Gasteiger partial charge on any atom is 0.323 e. The van der Waals surface area contributed by atoms with Gasteiger partial charge >= 0.3 is 12.0 Å². The Balaban J connectivity index is 2.53. The van der Waals surface area contributed by atoms with Crippen LogP contribution in [0.4, 0.5) is 4.79 Å². The molecule has 0 aromatic rings. The topological polar surface area (TPSA) is 73.3 Å². The van der Waals surface area contributed by atoms with Gasteiger partial charge in [0.1, 0.15) is 6.54 Å². The van der Waals surface area contributed by atoms with E-state index in [1.165, 1.54) is 12.0 Å². The highest BCUT2D eigenvalue weighted by Gasteiger charge is 2.25.